The van der Waals surface area contributed by atoms with Crippen molar-refractivity contribution in [2.45, 2.75) is 19.9 Å². The fourth-order valence-electron chi connectivity index (χ4n) is 2.22. The number of hydrogen-bond acceptors (Lipinski definition) is 5. The van der Waals surface area contributed by atoms with E-state index in [-0.39, 0.29) is 0 Å². The number of halogens is 1. The number of rotatable bonds is 6. The normalized spacial score (nSPS) is 10.4. The van der Waals surface area contributed by atoms with Crippen LogP contribution in [0.2, 0.25) is 5.02 Å². The van der Waals surface area contributed by atoms with Gasteiger partial charge in [0.1, 0.15) is 0 Å². The van der Waals surface area contributed by atoms with Crippen LogP contribution >= 0.6 is 11.6 Å². The largest absolute Gasteiger partial charge is 0.364 e. The van der Waals surface area contributed by atoms with Crippen molar-refractivity contribution in [3.05, 3.63) is 70.9 Å². The molecule has 0 unspecified atom stereocenters. The predicted molar refractivity (Wildman–Crippen MR) is 97.7 cm³/mol. The lowest BCUT2D eigenvalue weighted by Crippen LogP contribution is -2.06. The summed E-state index contributed by atoms with van der Waals surface area (Å²) in [7, 11) is 0. The quantitative estimate of drug-likeness (QED) is 0.695. The Kier molecular flexibility index (Phi) is 5.23. The van der Waals surface area contributed by atoms with Crippen molar-refractivity contribution in [1.82, 2.24) is 15.2 Å². The first-order valence-electron chi connectivity index (χ1n) is 7.77. The number of anilines is 3. The lowest BCUT2D eigenvalue weighted by Gasteiger charge is -2.09. The molecule has 0 spiro atoms. The molecule has 0 bridgehead atoms. The average Bonchev–Trinajstić information content (AvgIpc) is 2.62. The number of aromatic nitrogens is 3. The maximum absolute atomic E-state index is 6.15. The lowest BCUT2D eigenvalue weighted by atomic mass is 10.1. The van der Waals surface area contributed by atoms with E-state index in [0.717, 1.165) is 22.7 Å². The minimum atomic E-state index is 0.448. The Labute approximate surface area is 146 Å². The van der Waals surface area contributed by atoms with Crippen LogP contribution in [0.25, 0.3) is 0 Å². The molecule has 2 aromatic carbocycles. The van der Waals surface area contributed by atoms with E-state index in [9.17, 15) is 0 Å². The maximum atomic E-state index is 6.15. The smallest absolute Gasteiger partial charge is 0.249 e. The van der Waals surface area contributed by atoms with Gasteiger partial charge in [-0.1, -0.05) is 48.9 Å². The van der Waals surface area contributed by atoms with Crippen molar-refractivity contribution in [2.75, 3.05) is 10.6 Å². The summed E-state index contributed by atoms with van der Waals surface area (Å²) < 4.78 is 0. The minimum absolute atomic E-state index is 0.448. The van der Waals surface area contributed by atoms with E-state index >= 15 is 0 Å². The zero-order chi connectivity index (χ0) is 16.8. The molecule has 5 nitrogen and oxygen atoms in total. The van der Waals surface area contributed by atoms with E-state index in [1.807, 2.05) is 36.4 Å². The molecule has 0 saturated heterocycles. The molecule has 0 fully saturated rings. The molecule has 3 rings (SSSR count). The van der Waals surface area contributed by atoms with Gasteiger partial charge in [0.15, 0.2) is 5.82 Å². The molecule has 0 saturated carbocycles. The van der Waals surface area contributed by atoms with Gasteiger partial charge in [-0.05, 0) is 35.7 Å². The Morgan fingerprint density at radius 2 is 1.83 bits per heavy atom. The second-order valence-corrected chi connectivity index (χ2v) is 5.69. The molecule has 0 aliphatic rings. The molecule has 0 aliphatic carbocycles. The number of aryl methyl sites for hydroxylation is 1. The third kappa shape index (κ3) is 4.20. The third-order valence-electron chi connectivity index (χ3n) is 3.59. The summed E-state index contributed by atoms with van der Waals surface area (Å²) in [6.07, 6.45) is 2.60. The second-order valence-electron chi connectivity index (χ2n) is 5.29. The first kappa shape index (κ1) is 16.2. The number of nitrogens with zero attached hydrogens (tertiary/aromatic N) is 3. The van der Waals surface area contributed by atoms with Gasteiger partial charge in [0.2, 0.25) is 5.95 Å². The highest BCUT2D eigenvalue weighted by Gasteiger charge is 2.03. The van der Waals surface area contributed by atoms with Gasteiger partial charge >= 0.3 is 0 Å². The Morgan fingerprint density at radius 3 is 2.58 bits per heavy atom. The Morgan fingerprint density at radius 1 is 1.04 bits per heavy atom. The maximum Gasteiger partial charge on any atom is 0.249 e. The number of benzene rings is 2. The van der Waals surface area contributed by atoms with Crippen molar-refractivity contribution in [3.63, 3.8) is 0 Å². The standard InChI is InChI=1S/C18H18ClN5/c1-2-13-7-9-15(10-8-13)22-18-23-17(12-21-24-18)20-11-14-5-3-4-6-16(14)19/h3-10,12H,2,11H2,1H3,(H2,20,22,23,24). The van der Waals surface area contributed by atoms with Gasteiger partial charge in [0.05, 0.1) is 6.20 Å². The monoisotopic (exact) mass is 339 g/mol. The third-order valence-corrected chi connectivity index (χ3v) is 3.96. The summed E-state index contributed by atoms with van der Waals surface area (Å²) in [5, 5.41) is 15.1. The van der Waals surface area contributed by atoms with Crippen LogP contribution < -0.4 is 10.6 Å². The predicted octanol–water partition coefficient (Wildman–Crippen LogP) is 4.44. The van der Waals surface area contributed by atoms with Gasteiger partial charge in [-0.2, -0.15) is 10.1 Å². The highest BCUT2D eigenvalue weighted by Crippen LogP contribution is 2.17. The lowest BCUT2D eigenvalue weighted by molar-refractivity contribution is 0.966. The van der Waals surface area contributed by atoms with Gasteiger partial charge in [-0.25, -0.2) is 0 Å². The first-order chi connectivity index (χ1) is 11.7. The van der Waals surface area contributed by atoms with Crippen molar-refractivity contribution >= 4 is 29.1 Å². The van der Waals surface area contributed by atoms with Crippen LogP contribution in [0.15, 0.2) is 54.7 Å². The SMILES string of the molecule is CCc1ccc(Nc2nncc(NCc3ccccc3Cl)n2)cc1. The average molecular weight is 340 g/mol. The van der Waals surface area contributed by atoms with Crippen molar-refractivity contribution < 1.29 is 0 Å². The van der Waals surface area contributed by atoms with Crippen molar-refractivity contribution in [2.24, 2.45) is 0 Å². The molecule has 2 N–H and O–H groups in total. The van der Waals surface area contributed by atoms with Crippen LogP contribution in [0, 0.1) is 0 Å². The van der Waals surface area contributed by atoms with E-state index in [1.54, 1.807) is 6.20 Å². The molecule has 1 aromatic heterocycles. The molecule has 0 aliphatic heterocycles. The van der Waals surface area contributed by atoms with Gasteiger partial charge in [0, 0.05) is 17.3 Å². The fraction of sp³-hybridized carbons (Fsp3) is 0.167. The summed E-state index contributed by atoms with van der Waals surface area (Å²) in [6.45, 7) is 2.70. The summed E-state index contributed by atoms with van der Waals surface area (Å²) in [6, 6.07) is 15.9. The summed E-state index contributed by atoms with van der Waals surface area (Å²) in [5.41, 5.74) is 3.22. The zero-order valence-electron chi connectivity index (χ0n) is 13.3. The highest BCUT2D eigenvalue weighted by atomic mass is 35.5. The van der Waals surface area contributed by atoms with E-state index < -0.39 is 0 Å². The van der Waals surface area contributed by atoms with Crippen LogP contribution in [0.5, 0.6) is 0 Å². The molecule has 24 heavy (non-hydrogen) atoms. The summed E-state index contributed by atoms with van der Waals surface area (Å²) in [5.74, 6) is 1.08. The zero-order valence-corrected chi connectivity index (χ0v) is 14.1. The Hall–Kier alpha value is -2.66. The van der Waals surface area contributed by atoms with E-state index in [2.05, 4.69) is 44.9 Å². The summed E-state index contributed by atoms with van der Waals surface area (Å²) in [4.78, 5) is 4.42. The van der Waals surface area contributed by atoms with E-state index in [0.29, 0.717) is 18.3 Å². The van der Waals surface area contributed by atoms with Crippen LogP contribution in [0.4, 0.5) is 17.5 Å². The Bertz CT molecular complexity index is 805. The van der Waals surface area contributed by atoms with Gasteiger partial charge in [-0.3, -0.25) is 0 Å². The molecular formula is C18H18ClN5. The topological polar surface area (TPSA) is 62.7 Å². The fourth-order valence-corrected chi connectivity index (χ4v) is 2.42. The van der Waals surface area contributed by atoms with Gasteiger partial charge in [0.25, 0.3) is 0 Å². The molecule has 0 amide bonds. The van der Waals surface area contributed by atoms with Crippen LogP contribution in [0.1, 0.15) is 18.1 Å². The van der Waals surface area contributed by atoms with Gasteiger partial charge in [-0.15, -0.1) is 5.10 Å². The molecule has 1 heterocycles. The van der Waals surface area contributed by atoms with Crippen LogP contribution in [-0.2, 0) is 13.0 Å². The molecule has 0 radical (unpaired) electrons. The van der Waals surface area contributed by atoms with Crippen molar-refractivity contribution in [1.29, 1.82) is 0 Å². The molecule has 0 atom stereocenters. The number of nitrogens with one attached hydrogen (secondary N) is 2. The Balaban J connectivity index is 1.66. The minimum Gasteiger partial charge on any atom is -0.364 e. The molecule has 3 aromatic rings. The van der Waals surface area contributed by atoms with E-state index in [1.165, 1.54) is 5.56 Å². The van der Waals surface area contributed by atoms with Crippen LogP contribution in [-0.4, -0.2) is 15.2 Å². The highest BCUT2D eigenvalue weighted by molar-refractivity contribution is 6.31. The van der Waals surface area contributed by atoms with Gasteiger partial charge < -0.3 is 10.6 Å². The van der Waals surface area contributed by atoms with Crippen LogP contribution in [0.3, 0.4) is 0 Å². The number of hydrogen-bond donors (Lipinski definition) is 2. The van der Waals surface area contributed by atoms with Crippen molar-refractivity contribution in [3.8, 4) is 0 Å². The molecular weight excluding hydrogens is 322 g/mol. The first-order valence-corrected chi connectivity index (χ1v) is 8.15. The molecule has 122 valence electrons. The molecule has 6 heteroatoms. The summed E-state index contributed by atoms with van der Waals surface area (Å²) >= 11 is 6.15. The second kappa shape index (κ2) is 7.75. The van der Waals surface area contributed by atoms with E-state index in [4.69, 9.17) is 11.6 Å².